The van der Waals surface area contributed by atoms with Crippen molar-refractivity contribution in [3.8, 4) is 6.07 Å². The van der Waals surface area contributed by atoms with Crippen LogP contribution in [0.3, 0.4) is 0 Å². The lowest BCUT2D eigenvalue weighted by atomic mass is 10.2. The third kappa shape index (κ3) is 2.86. The van der Waals surface area contributed by atoms with Crippen LogP contribution in [-0.4, -0.2) is 38.9 Å². The highest BCUT2D eigenvalue weighted by Crippen LogP contribution is 2.38. The number of rotatable bonds is 3. The largest absolute Gasteiger partial charge is 0.462 e. The monoisotopic (exact) mass is 295 g/mol. The number of esters is 1. The van der Waals surface area contributed by atoms with E-state index in [1.54, 1.807) is 6.92 Å². The van der Waals surface area contributed by atoms with Crippen molar-refractivity contribution in [2.24, 2.45) is 0 Å². The Morgan fingerprint density at radius 2 is 2.35 bits per heavy atom. The number of nitriles is 1. The molecule has 1 fully saturated rings. The summed E-state index contributed by atoms with van der Waals surface area (Å²) in [6.45, 7) is 4.82. The van der Waals surface area contributed by atoms with Crippen molar-refractivity contribution in [1.29, 1.82) is 5.26 Å². The van der Waals surface area contributed by atoms with Crippen molar-refractivity contribution < 1.29 is 14.3 Å². The Morgan fingerprint density at radius 1 is 1.55 bits per heavy atom. The molecule has 0 bridgehead atoms. The molecule has 2 heterocycles. The van der Waals surface area contributed by atoms with Crippen LogP contribution in [0.25, 0.3) is 0 Å². The van der Waals surface area contributed by atoms with Crippen molar-refractivity contribution in [2.45, 2.75) is 13.3 Å². The Kier molecular flexibility index (Phi) is 4.82. The Bertz CT molecular complexity index is 528. The first-order valence-corrected chi connectivity index (χ1v) is 7.32. The van der Waals surface area contributed by atoms with Crippen molar-refractivity contribution in [1.82, 2.24) is 0 Å². The molecule has 0 saturated carbocycles. The van der Waals surface area contributed by atoms with Crippen molar-refractivity contribution in [3.63, 3.8) is 0 Å². The van der Waals surface area contributed by atoms with Gasteiger partial charge in [0, 0.05) is 19.7 Å². The normalized spacial score (nSPS) is 15.5. The van der Waals surface area contributed by atoms with Gasteiger partial charge in [-0.2, -0.15) is 5.26 Å². The van der Waals surface area contributed by atoms with Crippen molar-refractivity contribution in [3.05, 3.63) is 10.4 Å². The minimum atomic E-state index is -0.469. The molecule has 0 aromatic carbocycles. The predicted molar refractivity (Wildman–Crippen MR) is 77.1 cm³/mol. The van der Waals surface area contributed by atoms with E-state index in [4.69, 9.17) is 15.2 Å². The third-order valence-electron chi connectivity index (χ3n) is 3.01. The zero-order chi connectivity index (χ0) is 14.5. The molecule has 20 heavy (non-hydrogen) atoms. The average molecular weight is 295 g/mol. The Balaban J connectivity index is 2.35. The van der Waals surface area contributed by atoms with Gasteiger partial charge in [0.15, 0.2) is 0 Å². The van der Waals surface area contributed by atoms with E-state index >= 15 is 0 Å². The van der Waals surface area contributed by atoms with Gasteiger partial charge in [0.1, 0.15) is 21.5 Å². The van der Waals surface area contributed by atoms with E-state index in [1.807, 2.05) is 0 Å². The lowest BCUT2D eigenvalue weighted by Gasteiger charge is -2.20. The molecule has 1 saturated heterocycles. The second kappa shape index (κ2) is 6.59. The van der Waals surface area contributed by atoms with Crippen LogP contribution in [0.1, 0.15) is 28.6 Å². The van der Waals surface area contributed by atoms with Crippen LogP contribution in [0, 0.1) is 11.3 Å². The molecule has 7 heteroatoms. The van der Waals surface area contributed by atoms with Crippen molar-refractivity contribution >= 4 is 28.0 Å². The molecule has 0 aliphatic carbocycles. The first-order valence-electron chi connectivity index (χ1n) is 6.51. The van der Waals surface area contributed by atoms with Gasteiger partial charge < -0.3 is 20.1 Å². The number of nitrogen functional groups attached to an aromatic ring is 1. The van der Waals surface area contributed by atoms with Crippen LogP contribution >= 0.6 is 11.3 Å². The van der Waals surface area contributed by atoms with Crippen LogP contribution in [0.15, 0.2) is 0 Å². The number of ether oxygens (including phenoxy) is 2. The maximum absolute atomic E-state index is 11.9. The smallest absolute Gasteiger partial charge is 0.350 e. The molecule has 0 unspecified atom stereocenters. The van der Waals surface area contributed by atoms with Gasteiger partial charge in [-0.25, -0.2) is 4.79 Å². The average Bonchev–Trinajstić information content (AvgIpc) is 2.63. The van der Waals surface area contributed by atoms with E-state index in [0.29, 0.717) is 30.2 Å². The van der Waals surface area contributed by atoms with Gasteiger partial charge in [-0.3, -0.25) is 0 Å². The topological polar surface area (TPSA) is 88.6 Å². The lowest BCUT2D eigenvalue weighted by Crippen LogP contribution is -2.25. The molecule has 108 valence electrons. The molecule has 1 aromatic rings. The fourth-order valence-electron chi connectivity index (χ4n) is 2.06. The maximum atomic E-state index is 11.9. The summed E-state index contributed by atoms with van der Waals surface area (Å²) in [5.74, 6) is -0.469. The van der Waals surface area contributed by atoms with Crippen LogP contribution < -0.4 is 10.6 Å². The van der Waals surface area contributed by atoms with Crippen LogP contribution in [0.4, 0.5) is 10.7 Å². The summed E-state index contributed by atoms with van der Waals surface area (Å²) in [7, 11) is 0. The molecule has 0 radical (unpaired) electrons. The number of nitrogens with two attached hydrogens (primary N) is 1. The fourth-order valence-corrected chi connectivity index (χ4v) is 3.18. The molecular weight excluding hydrogens is 278 g/mol. The van der Waals surface area contributed by atoms with Crippen LogP contribution in [0.5, 0.6) is 0 Å². The van der Waals surface area contributed by atoms with Gasteiger partial charge in [0.25, 0.3) is 0 Å². The standard InChI is InChI=1S/C13H17N3O3S/c1-2-19-13(17)11-10(15)9(8-14)12(20-11)16-4-3-6-18-7-5-16/h2-7,15H2,1H3. The summed E-state index contributed by atoms with van der Waals surface area (Å²) in [4.78, 5) is 14.2. The van der Waals surface area contributed by atoms with Gasteiger partial charge in [-0.15, -0.1) is 11.3 Å². The van der Waals surface area contributed by atoms with Crippen LogP contribution in [0.2, 0.25) is 0 Å². The molecule has 0 amide bonds. The summed E-state index contributed by atoms with van der Waals surface area (Å²) in [5.41, 5.74) is 6.50. The summed E-state index contributed by atoms with van der Waals surface area (Å²) >= 11 is 1.22. The highest BCUT2D eigenvalue weighted by Gasteiger charge is 2.25. The molecule has 1 aliphatic rings. The van der Waals surface area contributed by atoms with E-state index in [0.717, 1.165) is 18.0 Å². The van der Waals surface area contributed by atoms with E-state index in [1.165, 1.54) is 11.3 Å². The van der Waals surface area contributed by atoms with E-state index in [-0.39, 0.29) is 12.3 Å². The molecule has 1 aliphatic heterocycles. The van der Waals surface area contributed by atoms with E-state index < -0.39 is 5.97 Å². The molecule has 0 spiro atoms. The van der Waals surface area contributed by atoms with Gasteiger partial charge in [-0.05, 0) is 13.3 Å². The maximum Gasteiger partial charge on any atom is 0.350 e. The first-order chi connectivity index (χ1) is 9.69. The van der Waals surface area contributed by atoms with E-state index in [9.17, 15) is 10.1 Å². The Labute approximate surface area is 121 Å². The number of hydrogen-bond acceptors (Lipinski definition) is 7. The van der Waals surface area contributed by atoms with Gasteiger partial charge in [0.2, 0.25) is 0 Å². The number of nitrogens with zero attached hydrogens (tertiary/aromatic N) is 2. The minimum absolute atomic E-state index is 0.219. The van der Waals surface area contributed by atoms with Crippen molar-refractivity contribution in [2.75, 3.05) is 43.5 Å². The van der Waals surface area contributed by atoms with Gasteiger partial charge in [0.05, 0.1) is 18.9 Å². The number of thiophene rings is 1. The summed E-state index contributed by atoms with van der Waals surface area (Å²) in [6.07, 6.45) is 0.886. The van der Waals surface area contributed by atoms with Gasteiger partial charge in [-0.1, -0.05) is 0 Å². The molecule has 2 rings (SSSR count). The van der Waals surface area contributed by atoms with Crippen LogP contribution in [-0.2, 0) is 9.47 Å². The highest BCUT2D eigenvalue weighted by molar-refractivity contribution is 7.18. The third-order valence-corrected chi connectivity index (χ3v) is 4.26. The predicted octanol–water partition coefficient (Wildman–Crippen LogP) is 1.61. The summed E-state index contributed by atoms with van der Waals surface area (Å²) < 4.78 is 10.4. The molecular formula is C13H17N3O3S. The zero-order valence-corrected chi connectivity index (χ0v) is 12.2. The van der Waals surface area contributed by atoms with Gasteiger partial charge >= 0.3 is 5.97 Å². The summed E-state index contributed by atoms with van der Waals surface area (Å²) in [6, 6.07) is 2.09. The molecule has 6 nitrogen and oxygen atoms in total. The SMILES string of the molecule is CCOC(=O)c1sc(N2CCCOCC2)c(C#N)c1N. The number of carbonyl (C=O) groups is 1. The quantitative estimate of drug-likeness (QED) is 0.852. The second-order valence-corrected chi connectivity index (χ2v) is 5.31. The Hall–Kier alpha value is -1.78. The van der Waals surface area contributed by atoms with E-state index in [2.05, 4.69) is 11.0 Å². The number of hydrogen-bond donors (Lipinski definition) is 1. The molecule has 2 N–H and O–H groups in total. The lowest BCUT2D eigenvalue weighted by molar-refractivity contribution is 0.0533. The molecule has 0 atom stereocenters. The summed E-state index contributed by atoms with van der Waals surface area (Å²) in [5, 5.41) is 10.0. The fraction of sp³-hybridized carbons (Fsp3) is 0.538. The zero-order valence-electron chi connectivity index (χ0n) is 11.3. The first kappa shape index (κ1) is 14.6. The minimum Gasteiger partial charge on any atom is -0.462 e. The molecule has 1 aromatic heterocycles. The number of anilines is 2. The number of carbonyl (C=O) groups excluding carboxylic acids is 1. The highest BCUT2D eigenvalue weighted by atomic mass is 32.1. The second-order valence-electron chi connectivity index (χ2n) is 4.31. The Morgan fingerprint density at radius 3 is 3.05 bits per heavy atom.